The predicted octanol–water partition coefficient (Wildman–Crippen LogP) is 1.66. The standard InChI is InChI=1S/C8H8F3N3O3/c1-4-3-13-5(2-12)7(6(4)14(15)16)17-8(9,10)11/h3H,2,12H2,1H3. The Kier molecular flexibility index (Phi) is 3.51. The highest BCUT2D eigenvalue weighted by atomic mass is 19.4. The molecular formula is C8H8F3N3O3. The van der Waals surface area contributed by atoms with Gasteiger partial charge in [-0.25, -0.2) is 0 Å². The zero-order chi connectivity index (χ0) is 13.2. The molecule has 0 aliphatic rings. The van der Waals surface area contributed by atoms with Gasteiger partial charge in [-0.3, -0.25) is 15.1 Å². The van der Waals surface area contributed by atoms with Crippen LogP contribution < -0.4 is 10.5 Å². The second-order valence-corrected chi connectivity index (χ2v) is 3.07. The smallest absolute Gasteiger partial charge is 0.396 e. The molecule has 0 aliphatic heterocycles. The highest BCUT2D eigenvalue weighted by Gasteiger charge is 2.37. The number of nitrogens with two attached hydrogens (primary N) is 1. The number of pyridine rings is 1. The molecule has 1 aromatic heterocycles. The van der Waals surface area contributed by atoms with Crippen LogP contribution in [0, 0.1) is 17.0 Å². The van der Waals surface area contributed by atoms with Gasteiger partial charge in [0.15, 0.2) is 0 Å². The van der Waals surface area contributed by atoms with Crippen molar-refractivity contribution in [3.8, 4) is 5.75 Å². The number of rotatable bonds is 3. The third-order valence-electron chi connectivity index (χ3n) is 1.86. The summed E-state index contributed by atoms with van der Waals surface area (Å²) in [5, 5.41) is 10.7. The van der Waals surface area contributed by atoms with Crippen molar-refractivity contribution in [1.29, 1.82) is 0 Å². The van der Waals surface area contributed by atoms with Gasteiger partial charge in [0.05, 0.1) is 4.92 Å². The second-order valence-electron chi connectivity index (χ2n) is 3.07. The van der Waals surface area contributed by atoms with Gasteiger partial charge >= 0.3 is 12.0 Å². The van der Waals surface area contributed by atoms with Crippen molar-refractivity contribution in [2.45, 2.75) is 19.8 Å². The van der Waals surface area contributed by atoms with Crippen LogP contribution in [0.5, 0.6) is 5.75 Å². The third-order valence-corrected chi connectivity index (χ3v) is 1.86. The fraction of sp³-hybridized carbons (Fsp3) is 0.375. The molecule has 0 atom stereocenters. The maximum absolute atomic E-state index is 12.1. The minimum Gasteiger partial charge on any atom is -0.396 e. The molecule has 0 radical (unpaired) electrons. The molecule has 0 saturated heterocycles. The van der Waals surface area contributed by atoms with Gasteiger partial charge in [-0.05, 0) is 6.92 Å². The van der Waals surface area contributed by atoms with Crippen LogP contribution in [0.3, 0.4) is 0 Å². The number of alkyl halides is 3. The first-order chi connectivity index (χ1) is 7.76. The summed E-state index contributed by atoms with van der Waals surface area (Å²) in [6.45, 7) is 0.862. The lowest BCUT2D eigenvalue weighted by Crippen LogP contribution is -2.20. The zero-order valence-corrected chi connectivity index (χ0v) is 8.61. The van der Waals surface area contributed by atoms with E-state index in [0.29, 0.717) is 0 Å². The minimum atomic E-state index is -5.04. The molecular weight excluding hydrogens is 243 g/mol. The van der Waals surface area contributed by atoms with E-state index in [-0.39, 0.29) is 11.3 Å². The number of nitro groups is 1. The molecule has 0 aliphatic carbocycles. The Morgan fingerprint density at radius 2 is 2.18 bits per heavy atom. The molecule has 1 rings (SSSR count). The maximum Gasteiger partial charge on any atom is 0.573 e. The molecule has 94 valence electrons. The summed E-state index contributed by atoms with van der Waals surface area (Å²) < 4.78 is 40.0. The second kappa shape index (κ2) is 4.53. The molecule has 0 unspecified atom stereocenters. The van der Waals surface area contributed by atoms with Crippen LogP contribution in [0.15, 0.2) is 6.20 Å². The zero-order valence-electron chi connectivity index (χ0n) is 8.61. The summed E-state index contributed by atoms with van der Waals surface area (Å²) in [5.41, 5.74) is 4.02. The van der Waals surface area contributed by atoms with E-state index in [9.17, 15) is 23.3 Å². The van der Waals surface area contributed by atoms with Gasteiger partial charge in [-0.15, -0.1) is 13.2 Å². The molecule has 0 saturated carbocycles. The summed E-state index contributed by atoms with van der Waals surface area (Å²) in [5.74, 6) is -0.954. The molecule has 0 spiro atoms. The monoisotopic (exact) mass is 251 g/mol. The Labute approximate surface area is 93.3 Å². The molecule has 6 nitrogen and oxygen atoms in total. The quantitative estimate of drug-likeness (QED) is 0.651. The molecule has 1 heterocycles. The van der Waals surface area contributed by atoms with Gasteiger partial charge in [-0.1, -0.05) is 0 Å². The van der Waals surface area contributed by atoms with Crippen molar-refractivity contribution >= 4 is 5.69 Å². The van der Waals surface area contributed by atoms with Gasteiger partial charge in [0.25, 0.3) is 0 Å². The lowest BCUT2D eigenvalue weighted by atomic mass is 10.2. The molecule has 2 N–H and O–H groups in total. The summed E-state index contributed by atoms with van der Waals surface area (Å²) in [6.07, 6.45) is -3.96. The minimum absolute atomic E-state index is 0.0357. The van der Waals surface area contributed by atoms with Crippen molar-refractivity contribution in [1.82, 2.24) is 4.98 Å². The lowest BCUT2D eigenvalue weighted by molar-refractivity contribution is -0.389. The van der Waals surface area contributed by atoms with Gasteiger partial charge in [0, 0.05) is 18.3 Å². The largest absolute Gasteiger partial charge is 0.573 e. The first kappa shape index (κ1) is 13.2. The number of aryl methyl sites for hydroxylation is 1. The first-order valence-electron chi connectivity index (χ1n) is 4.35. The lowest BCUT2D eigenvalue weighted by Gasteiger charge is -2.12. The van der Waals surface area contributed by atoms with E-state index in [1.165, 1.54) is 6.92 Å². The highest BCUT2D eigenvalue weighted by molar-refractivity contribution is 5.53. The molecule has 0 bridgehead atoms. The van der Waals surface area contributed by atoms with E-state index >= 15 is 0 Å². The summed E-state index contributed by atoms with van der Waals surface area (Å²) in [4.78, 5) is 13.3. The van der Waals surface area contributed by atoms with Gasteiger partial charge in [-0.2, -0.15) is 0 Å². The van der Waals surface area contributed by atoms with Crippen LogP contribution in [0.25, 0.3) is 0 Å². The van der Waals surface area contributed by atoms with Crippen LogP contribution in [-0.2, 0) is 6.54 Å². The normalized spacial score (nSPS) is 11.4. The average Bonchev–Trinajstić information content (AvgIpc) is 2.15. The molecule has 0 aromatic carbocycles. The van der Waals surface area contributed by atoms with Crippen LogP contribution in [0.1, 0.15) is 11.3 Å². The van der Waals surface area contributed by atoms with Crippen molar-refractivity contribution in [3.05, 3.63) is 27.6 Å². The van der Waals surface area contributed by atoms with E-state index < -0.39 is 29.3 Å². The molecule has 0 fully saturated rings. The summed E-state index contributed by atoms with van der Waals surface area (Å²) in [7, 11) is 0. The predicted molar refractivity (Wildman–Crippen MR) is 50.2 cm³/mol. The summed E-state index contributed by atoms with van der Waals surface area (Å²) in [6, 6.07) is 0. The SMILES string of the molecule is Cc1cnc(CN)c(OC(F)(F)F)c1[N+](=O)[O-]. The van der Waals surface area contributed by atoms with E-state index in [1.54, 1.807) is 0 Å². The summed E-state index contributed by atoms with van der Waals surface area (Å²) >= 11 is 0. The third kappa shape index (κ3) is 3.03. The Balaban J connectivity index is 3.40. The number of halogens is 3. The molecule has 17 heavy (non-hydrogen) atoms. The van der Waals surface area contributed by atoms with Crippen LogP contribution >= 0.6 is 0 Å². The van der Waals surface area contributed by atoms with Crippen LogP contribution in [0.2, 0.25) is 0 Å². The highest BCUT2D eigenvalue weighted by Crippen LogP contribution is 2.36. The fourth-order valence-electron chi connectivity index (χ4n) is 1.21. The average molecular weight is 251 g/mol. The Bertz CT molecular complexity index is 448. The van der Waals surface area contributed by atoms with E-state index in [4.69, 9.17) is 5.73 Å². The van der Waals surface area contributed by atoms with Crippen molar-refractivity contribution in [3.63, 3.8) is 0 Å². The maximum atomic E-state index is 12.1. The number of hydrogen-bond donors (Lipinski definition) is 1. The Hall–Kier alpha value is -1.90. The van der Waals surface area contributed by atoms with E-state index in [2.05, 4.69) is 9.72 Å². The Morgan fingerprint density at radius 1 is 1.59 bits per heavy atom. The molecule has 9 heteroatoms. The topological polar surface area (TPSA) is 91.3 Å². The number of nitrogens with zero attached hydrogens (tertiary/aromatic N) is 2. The number of ether oxygens (including phenoxy) is 1. The van der Waals surface area contributed by atoms with Crippen molar-refractivity contribution in [2.75, 3.05) is 0 Å². The van der Waals surface area contributed by atoms with Gasteiger partial charge in [0.1, 0.15) is 5.69 Å². The van der Waals surface area contributed by atoms with E-state index in [1.807, 2.05) is 0 Å². The fourth-order valence-corrected chi connectivity index (χ4v) is 1.21. The van der Waals surface area contributed by atoms with Crippen LogP contribution in [0.4, 0.5) is 18.9 Å². The van der Waals surface area contributed by atoms with Gasteiger partial charge < -0.3 is 10.5 Å². The number of hydrogen-bond acceptors (Lipinski definition) is 5. The molecule has 0 amide bonds. The van der Waals surface area contributed by atoms with Crippen LogP contribution in [-0.4, -0.2) is 16.3 Å². The van der Waals surface area contributed by atoms with E-state index in [0.717, 1.165) is 6.20 Å². The van der Waals surface area contributed by atoms with Gasteiger partial charge in [0.2, 0.25) is 5.75 Å². The van der Waals surface area contributed by atoms with Crippen molar-refractivity contribution < 1.29 is 22.8 Å². The first-order valence-corrected chi connectivity index (χ1v) is 4.35. The Morgan fingerprint density at radius 3 is 2.59 bits per heavy atom. The van der Waals surface area contributed by atoms with Crippen molar-refractivity contribution in [2.24, 2.45) is 5.73 Å². The number of aromatic nitrogens is 1. The molecule has 1 aromatic rings.